The number of hydrogen-bond acceptors (Lipinski definition) is 3. The maximum Gasteiger partial charge on any atom is 0.326 e. The van der Waals surface area contributed by atoms with Crippen LogP contribution in [0.4, 0.5) is 0 Å². The first kappa shape index (κ1) is 12.6. The van der Waals surface area contributed by atoms with E-state index in [9.17, 15) is 9.59 Å². The molecule has 0 aromatic carbocycles. The molecule has 86 valence electrons. The molecule has 0 saturated heterocycles. The second-order valence-corrected chi connectivity index (χ2v) is 4.24. The van der Waals surface area contributed by atoms with Crippen LogP contribution in [0.15, 0.2) is 22.9 Å². The van der Waals surface area contributed by atoms with Crippen molar-refractivity contribution in [3.8, 4) is 0 Å². The number of pyridine rings is 1. The first-order chi connectivity index (χ1) is 7.43. The summed E-state index contributed by atoms with van der Waals surface area (Å²) >= 11 is 3.20. The van der Waals surface area contributed by atoms with Gasteiger partial charge >= 0.3 is 5.97 Å². The van der Waals surface area contributed by atoms with Gasteiger partial charge < -0.3 is 10.0 Å². The van der Waals surface area contributed by atoms with Crippen molar-refractivity contribution >= 4 is 27.8 Å². The molecule has 0 radical (unpaired) electrons. The van der Waals surface area contributed by atoms with Crippen LogP contribution in [-0.2, 0) is 4.79 Å². The van der Waals surface area contributed by atoms with Crippen LogP contribution in [0.5, 0.6) is 0 Å². The number of likely N-dealkylation sites (N-methyl/N-ethyl adjacent to an activating group) is 1. The third kappa shape index (κ3) is 2.79. The molecule has 0 fully saturated rings. The van der Waals surface area contributed by atoms with Crippen LogP contribution in [0.2, 0.25) is 0 Å². The first-order valence-electron chi connectivity index (χ1n) is 4.54. The summed E-state index contributed by atoms with van der Waals surface area (Å²) in [6.45, 7) is 1.45. The monoisotopic (exact) mass is 286 g/mol. The molecule has 0 aliphatic rings. The van der Waals surface area contributed by atoms with Gasteiger partial charge in [0.1, 0.15) is 6.04 Å². The van der Waals surface area contributed by atoms with Gasteiger partial charge in [-0.3, -0.25) is 9.78 Å². The molecular formula is C10H11BrN2O3. The molecule has 1 unspecified atom stereocenters. The number of aromatic nitrogens is 1. The van der Waals surface area contributed by atoms with Crippen molar-refractivity contribution in [2.75, 3.05) is 7.05 Å². The maximum absolute atomic E-state index is 11.8. The number of nitrogens with zero attached hydrogens (tertiary/aromatic N) is 2. The lowest BCUT2D eigenvalue weighted by Crippen LogP contribution is -2.40. The predicted octanol–water partition coefficient (Wildman–Crippen LogP) is 1.39. The van der Waals surface area contributed by atoms with Gasteiger partial charge in [0, 0.05) is 23.9 Å². The summed E-state index contributed by atoms with van der Waals surface area (Å²) in [6, 6.07) is 0.729. The van der Waals surface area contributed by atoms with E-state index in [2.05, 4.69) is 20.9 Å². The molecule has 1 atom stereocenters. The van der Waals surface area contributed by atoms with E-state index in [0.29, 0.717) is 10.0 Å². The van der Waals surface area contributed by atoms with E-state index < -0.39 is 12.0 Å². The number of hydrogen-bond donors (Lipinski definition) is 1. The summed E-state index contributed by atoms with van der Waals surface area (Å²) in [5.74, 6) is -1.41. The fraction of sp³-hybridized carbons (Fsp3) is 0.300. The Labute approximate surface area is 101 Å². The molecule has 0 spiro atoms. The van der Waals surface area contributed by atoms with Crippen molar-refractivity contribution in [3.05, 3.63) is 28.5 Å². The highest BCUT2D eigenvalue weighted by molar-refractivity contribution is 9.10. The van der Waals surface area contributed by atoms with Crippen LogP contribution in [0, 0.1) is 0 Å². The van der Waals surface area contributed by atoms with Gasteiger partial charge in [-0.05, 0) is 28.9 Å². The van der Waals surface area contributed by atoms with Crippen molar-refractivity contribution in [3.63, 3.8) is 0 Å². The number of amides is 1. The summed E-state index contributed by atoms with van der Waals surface area (Å²) in [7, 11) is 1.45. The molecule has 0 bridgehead atoms. The molecular weight excluding hydrogens is 276 g/mol. The van der Waals surface area contributed by atoms with Crippen LogP contribution < -0.4 is 0 Å². The van der Waals surface area contributed by atoms with Gasteiger partial charge in [-0.2, -0.15) is 0 Å². The second-order valence-electron chi connectivity index (χ2n) is 3.32. The number of aliphatic carboxylic acids is 1. The van der Waals surface area contributed by atoms with Gasteiger partial charge in [-0.1, -0.05) is 0 Å². The molecule has 0 aliphatic carbocycles. The first-order valence-corrected chi connectivity index (χ1v) is 5.33. The third-order valence-electron chi connectivity index (χ3n) is 2.21. The number of carbonyl (C=O) groups excluding carboxylic acids is 1. The number of carboxylic acids is 1. The molecule has 5 nitrogen and oxygen atoms in total. The minimum absolute atomic E-state index is 0.352. The zero-order chi connectivity index (χ0) is 12.3. The van der Waals surface area contributed by atoms with Gasteiger partial charge in [0.05, 0.1) is 5.56 Å². The molecule has 0 aliphatic heterocycles. The Morgan fingerprint density at radius 3 is 2.62 bits per heavy atom. The molecule has 0 saturated carbocycles. The Balaban J connectivity index is 2.90. The fourth-order valence-corrected chi connectivity index (χ4v) is 1.44. The predicted molar refractivity (Wildman–Crippen MR) is 61.1 cm³/mol. The summed E-state index contributed by atoms with van der Waals surface area (Å²) < 4.78 is 0.676. The Kier molecular flexibility index (Phi) is 4.00. The van der Waals surface area contributed by atoms with E-state index in [1.165, 1.54) is 20.2 Å². The Bertz CT molecular complexity index is 422. The fourth-order valence-electron chi connectivity index (χ4n) is 1.07. The molecule has 1 N–H and O–H groups in total. The van der Waals surface area contributed by atoms with Gasteiger partial charge in [-0.15, -0.1) is 0 Å². The highest BCUT2D eigenvalue weighted by Crippen LogP contribution is 2.12. The van der Waals surface area contributed by atoms with E-state index in [1.54, 1.807) is 12.3 Å². The molecule has 16 heavy (non-hydrogen) atoms. The highest BCUT2D eigenvalue weighted by Gasteiger charge is 2.22. The Morgan fingerprint density at radius 1 is 1.50 bits per heavy atom. The van der Waals surface area contributed by atoms with Crippen LogP contribution >= 0.6 is 15.9 Å². The molecule has 1 amide bonds. The third-order valence-corrected chi connectivity index (χ3v) is 2.64. The molecule has 1 aromatic heterocycles. The largest absolute Gasteiger partial charge is 0.480 e. The summed E-state index contributed by atoms with van der Waals surface area (Å²) in [5, 5.41) is 8.78. The summed E-state index contributed by atoms with van der Waals surface area (Å²) in [4.78, 5) is 27.6. The summed E-state index contributed by atoms with van der Waals surface area (Å²) in [5.41, 5.74) is 0.352. The molecule has 1 heterocycles. The molecule has 6 heteroatoms. The van der Waals surface area contributed by atoms with Crippen molar-refractivity contribution < 1.29 is 14.7 Å². The standard InChI is InChI=1S/C10H11BrN2O3/c1-6(10(15)16)13(2)9(14)7-3-8(11)5-12-4-7/h3-6H,1-2H3,(H,15,16). The zero-order valence-electron chi connectivity index (χ0n) is 8.85. The number of carboxylic acid groups (broad SMARTS) is 1. The van der Waals surface area contributed by atoms with Crippen molar-refractivity contribution in [1.29, 1.82) is 0 Å². The lowest BCUT2D eigenvalue weighted by Gasteiger charge is -2.21. The Morgan fingerprint density at radius 2 is 2.12 bits per heavy atom. The SMILES string of the molecule is CC(C(=O)O)N(C)C(=O)c1cncc(Br)c1. The van der Waals surface area contributed by atoms with Crippen LogP contribution in [0.1, 0.15) is 17.3 Å². The zero-order valence-corrected chi connectivity index (χ0v) is 10.4. The van der Waals surface area contributed by atoms with Crippen LogP contribution in [-0.4, -0.2) is 40.0 Å². The van der Waals surface area contributed by atoms with Gasteiger partial charge in [0.25, 0.3) is 5.91 Å². The minimum atomic E-state index is -1.04. The molecule has 1 rings (SSSR count). The van der Waals surface area contributed by atoms with Gasteiger partial charge in [0.15, 0.2) is 0 Å². The van der Waals surface area contributed by atoms with Crippen molar-refractivity contribution in [2.45, 2.75) is 13.0 Å². The number of halogens is 1. The van der Waals surface area contributed by atoms with Gasteiger partial charge in [0.2, 0.25) is 0 Å². The normalized spacial score (nSPS) is 11.9. The highest BCUT2D eigenvalue weighted by atomic mass is 79.9. The van der Waals surface area contributed by atoms with Crippen LogP contribution in [0.3, 0.4) is 0 Å². The number of rotatable bonds is 3. The van der Waals surface area contributed by atoms with E-state index >= 15 is 0 Å². The topological polar surface area (TPSA) is 70.5 Å². The minimum Gasteiger partial charge on any atom is -0.480 e. The smallest absolute Gasteiger partial charge is 0.326 e. The maximum atomic E-state index is 11.8. The second kappa shape index (κ2) is 5.07. The van der Waals surface area contributed by atoms with Crippen LogP contribution in [0.25, 0.3) is 0 Å². The molecule has 1 aromatic rings. The van der Waals surface area contributed by atoms with E-state index in [4.69, 9.17) is 5.11 Å². The summed E-state index contributed by atoms with van der Waals surface area (Å²) in [6.07, 6.45) is 2.95. The number of carbonyl (C=O) groups is 2. The van der Waals surface area contributed by atoms with E-state index in [1.807, 2.05) is 0 Å². The van der Waals surface area contributed by atoms with E-state index in [-0.39, 0.29) is 5.91 Å². The lowest BCUT2D eigenvalue weighted by atomic mass is 10.2. The van der Waals surface area contributed by atoms with Crippen molar-refractivity contribution in [1.82, 2.24) is 9.88 Å². The van der Waals surface area contributed by atoms with E-state index in [0.717, 1.165) is 4.90 Å². The average Bonchev–Trinajstić information content (AvgIpc) is 2.26. The van der Waals surface area contributed by atoms with Gasteiger partial charge in [-0.25, -0.2) is 4.79 Å². The quantitative estimate of drug-likeness (QED) is 0.912. The lowest BCUT2D eigenvalue weighted by molar-refractivity contribution is -0.141. The average molecular weight is 287 g/mol. The Hall–Kier alpha value is -1.43. The van der Waals surface area contributed by atoms with Crippen molar-refractivity contribution in [2.24, 2.45) is 0 Å².